The summed E-state index contributed by atoms with van der Waals surface area (Å²) in [6.07, 6.45) is 7.76. The maximum Gasteiger partial charge on any atom is 0.247 e. The van der Waals surface area contributed by atoms with Gasteiger partial charge in [0.15, 0.2) is 0 Å². The van der Waals surface area contributed by atoms with E-state index in [1.54, 1.807) is 19.4 Å². The zero-order chi connectivity index (χ0) is 20.2. The lowest BCUT2D eigenvalue weighted by Gasteiger charge is -2.28. The van der Waals surface area contributed by atoms with Crippen LogP contribution in [0.25, 0.3) is 17.0 Å². The predicted molar refractivity (Wildman–Crippen MR) is 117 cm³/mol. The third-order valence-corrected chi connectivity index (χ3v) is 5.66. The van der Waals surface area contributed by atoms with Gasteiger partial charge in [-0.3, -0.25) is 9.78 Å². The molecule has 1 atom stereocenters. The molecule has 0 aliphatic heterocycles. The number of fused-ring (bicyclic) bond motifs is 1. The minimum Gasteiger partial charge on any atom is -0.497 e. The molecular formula is C25H26N2O2. The smallest absolute Gasteiger partial charge is 0.247 e. The van der Waals surface area contributed by atoms with Crippen molar-refractivity contribution < 1.29 is 9.53 Å². The Balaban J connectivity index is 1.56. The Morgan fingerprint density at radius 3 is 2.66 bits per heavy atom. The molecule has 148 valence electrons. The van der Waals surface area contributed by atoms with Gasteiger partial charge in [-0.15, -0.1) is 0 Å². The maximum absolute atomic E-state index is 13.1. The molecule has 4 rings (SSSR count). The van der Waals surface area contributed by atoms with Gasteiger partial charge in [-0.05, 0) is 55.5 Å². The van der Waals surface area contributed by atoms with Gasteiger partial charge in [0.2, 0.25) is 5.91 Å². The molecule has 1 aromatic heterocycles. The van der Waals surface area contributed by atoms with Crippen molar-refractivity contribution in [3.63, 3.8) is 0 Å². The van der Waals surface area contributed by atoms with Crippen LogP contribution in [0.1, 0.15) is 30.9 Å². The summed E-state index contributed by atoms with van der Waals surface area (Å²) in [5.74, 6) is 1.46. The van der Waals surface area contributed by atoms with Crippen LogP contribution in [0.2, 0.25) is 0 Å². The fourth-order valence-corrected chi connectivity index (χ4v) is 3.70. The molecule has 1 saturated carbocycles. The Bertz CT molecular complexity index is 1020. The van der Waals surface area contributed by atoms with Crippen LogP contribution in [0.4, 0.5) is 0 Å². The van der Waals surface area contributed by atoms with Gasteiger partial charge >= 0.3 is 0 Å². The molecule has 3 aromatic rings. The van der Waals surface area contributed by atoms with E-state index in [9.17, 15) is 4.79 Å². The summed E-state index contributed by atoms with van der Waals surface area (Å²) in [6, 6.07) is 18.1. The number of hydrogen-bond acceptors (Lipinski definition) is 3. The van der Waals surface area contributed by atoms with Crippen molar-refractivity contribution in [2.75, 3.05) is 7.11 Å². The van der Waals surface area contributed by atoms with Crippen LogP contribution in [-0.2, 0) is 11.3 Å². The topological polar surface area (TPSA) is 42.4 Å². The van der Waals surface area contributed by atoms with E-state index in [2.05, 4.69) is 11.9 Å². The molecule has 29 heavy (non-hydrogen) atoms. The number of carbonyl (C=O) groups is 1. The summed E-state index contributed by atoms with van der Waals surface area (Å²) in [4.78, 5) is 19.6. The second kappa shape index (κ2) is 8.48. The van der Waals surface area contributed by atoms with Crippen molar-refractivity contribution in [2.45, 2.75) is 32.4 Å². The van der Waals surface area contributed by atoms with Crippen molar-refractivity contribution in [2.24, 2.45) is 5.92 Å². The summed E-state index contributed by atoms with van der Waals surface area (Å²) in [5.41, 5.74) is 2.97. The molecule has 1 unspecified atom stereocenters. The van der Waals surface area contributed by atoms with Gasteiger partial charge in [-0.25, -0.2) is 0 Å². The SMILES string of the molecule is COc1ccc(CN(C(=O)/C=C/c2cccc3cccnc23)C(C)C2CC2)cc1. The van der Waals surface area contributed by atoms with Crippen molar-refractivity contribution in [1.29, 1.82) is 0 Å². The van der Waals surface area contributed by atoms with Crippen LogP contribution in [0.5, 0.6) is 5.75 Å². The normalized spacial score (nSPS) is 14.8. The number of para-hydroxylation sites is 1. The summed E-state index contributed by atoms with van der Waals surface area (Å²) >= 11 is 0. The molecule has 0 saturated heterocycles. The molecule has 0 bridgehead atoms. The first-order valence-electron chi connectivity index (χ1n) is 10.1. The molecule has 4 heteroatoms. The summed E-state index contributed by atoms with van der Waals surface area (Å²) in [5, 5.41) is 1.07. The largest absolute Gasteiger partial charge is 0.497 e. The van der Waals surface area contributed by atoms with E-state index in [-0.39, 0.29) is 11.9 Å². The Morgan fingerprint density at radius 1 is 1.17 bits per heavy atom. The molecule has 4 nitrogen and oxygen atoms in total. The van der Waals surface area contributed by atoms with E-state index in [1.807, 2.05) is 65.6 Å². The summed E-state index contributed by atoms with van der Waals surface area (Å²) in [7, 11) is 1.66. The molecule has 0 spiro atoms. The fourth-order valence-electron chi connectivity index (χ4n) is 3.70. The summed E-state index contributed by atoms with van der Waals surface area (Å²) < 4.78 is 5.24. The Morgan fingerprint density at radius 2 is 1.93 bits per heavy atom. The van der Waals surface area contributed by atoms with Crippen LogP contribution in [0.3, 0.4) is 0 Å². The number of carbonyl (C=O) groups excluding carboxylic acids is 1. The monoisotopic (exact) mass is 386 g/mol. The minimum atomic E-state index is 0.0353. The number of pyridine rings is 1. The number of hydrogen-bond donors (Lipinski definition) is 0. The molecule has 0 N–H and O–H groups in total. The van der Waals surface area contributed by atoms with Crippen LogP contribution in [-0.4, -0.2) is 28.9 Å². The van der Waals surface area contributed by atoms with E-state index in [4.69, 9.17) is 4.74 Å². The lowest BCUT2D eigenvalue weighted by molar-refractivity contribution is -0.129. The van der Waals surface area contributed by atoms with Crippen LogP contribution in [0, 0.1) is 5.92 Å². The number of benzene rings is 2. The van der Waals surface area contributed by atoms with Gasteiger partial charge < -0.3 is 9.64 Å². The van der Waals surface area contributed by atoms with Crippen LogP contribution in [0.15, 0.2) is 66.9 Å². The Hall–Kier alpha value is -3.14. The van der Waals surface area contributed by atoms with Gasteiger partial charge in [0.05, 0.1) is 12.6 Å². The van der Waals surface area contributed by atoms with Gasteiger partial charge in [0.25, 0.3) is 0 Å². The van der Waals surface area contributed by atoms with E-state index < -0.39 is 0 Å². The molecule has 1 aliphatic carbocycles. The van der Waals surface area contributed by atoms with Crippen LogP contribution < -0.4 is 4.74 Å². The fraction of sp³-hybridized carbons (Fsp3) is 0.280. The van der Waals surface area contributed by atoms with Crippen molar-refractivity contribution >= 4 is 22.9 Å². The number of methoxy groups -OCH3 is 1. The van der Waals surface area contributed by atoms with Gasteiger partial charge in [-0.2, -0.15) is 0 Å². The third kappa shape index (κ3) is 4.48. The van der Waals surface area contributed by atoms with Gasteiger partial charge in [0.1, 0.15) is 5.75 Å². The number of ether oxygens (including phenoxy) is 1. The van der Waals surface area contributed by atoms with Gasteiger partial charge in [0, 0.05) is 35.8 Å². The van der Waals surface area contributed by atoms with Crippen molar-refractivity contribution in [1.82, 2.24) is 9.88 Å². The third-order valence-electron chi connectivity index (χ3n) is 5.66. The predicted octanol–water partition coefficient (Wildman–Crippen LogP) is 5.08. The molecule has 0 radical (unpaired) electrons. The quantitative estimate of drug-likeness (QED) is 0.532. The van der Waals surface area contributed by atoms with Gasteiger partial charge in [-0.1, -0.05) is 36.4 Å². The molecule has 2 aromatic carbocycles. The van der Waals surface area contributed by atoms with E-state index in [0.717, 1.165) is 27.8 Å². The lowest BCUT2D eigenvalue weighted by atomic mass is 10.1. The van der Waals surface area contributed by atoms with E-state index in [1.165, 1.54) is 12.8 Å². The van der Waals surface area contributed by atoms with E-state index >= 15 is 0 Å². The zero-order valence-electron chi connectivity index (χ0n) is 16.9. The zero-order valence-corrected chi connectivity index (χ0v) is 16.9. The first-order valence-corrected chi connectivity index (χ1v) is 10.1. The first-order chi connectivity index (χ1) is 14.2. The standard InChI is InChI=1S/C25H26N2O2/c1-18(20-10-11-20)27(17-19-8-13-23(29-2)14-9-19)24(28)15-12-22-6-3-5-21-7-4-16-26-25(21)22/h3-9,12-16,18,20H,10-11,17H2,1-2H3/b15-12+. The highest BCUT2D eigenvalue weighted by Gasteiger charge is 2.33. The number of nitrogens with zero attached hydrogens (tertiary/aromatic N) is 2. The molecular weight excluding hydrogens is 360 g/mol. The molecule has 1 aliphatic rings. The van der Waals surface area contributed by atoms with Crippen LogP contribution >= 0.6 is 0 Å². The Labute approximate surface area is 171 Å². The van der Waals surface area contributed by atoms with E-state index in [0.29, 0.717) is 12.5 Å². The molecule has 1 amide bonds. The molecule has 1 fully saturated rings. The maximum atomic E-state index is 13.1. The second-order valence-corrected chi connectivity index (χ2v) is 7.65. The minimum absolute atomic E-state index is 0.0353. The second-order valence-electron chi connectivity index (χ2n) is 7.65. The number of amides is 1. The van der Waals surface area contributed by atoms with Crippen molar-refractivity contribution in [3.05, 3.63) is 78.0 Å². The first kappa shape index (κ1) is 19.2. The highest BCUT2D eigenvalue weighted by Crippen LogP contribution is 2.36. The molecule has 1 heterocycles. The average molecular weight is 386 g/mol. The highest BCUT2D eigenvalue weighted by molar-refractivity contribution is 5.95. The Kier molecular flexibility index (Phi) is 5.61. The summed E-state index contributed by atoms with van der Waals surface area (Å²) in [6.45, 7) is 2.75. The number of aromatic nitrogens is 1. The average Bonchev–Trinajstić information content (AvgIpc) is 3.61. The van der Waals surface area contributed by atoms with Crippen molar-refractivity contribution in [3.8, 4) is 5.75 Å². The number of rotatable bonds is 7. The highest BCUT2D eigenvalue weighted by atomic mass is 16.5. The lowest BCUT2D eigenvalue weighted by Crippen LogP contribution is -2.38.